The molecule has 1 aromatic carbocycles. The summed E-state index contributed by atoms with van der Waals surface area (Å²) in [6, 6.07) is 7.65. The van der Waals surface area contributed by atoms with E-state index in [9.17, 15) is 5.11 Å². The summed E-state index contributed by atoms with van der Waals surface area (Å²) in [5.41, 5.74) is 1.79. The molecule has 0 saturated carbocycles. The van der Waals surface area contributed by atoms with Gasteiger partial charge in [-0.1, -0.05) is 22.0 Å². The Morgan fingerprint density at radius 3 is 2.79 bits per heavy atom. The SMILES string of the molecule is O[C@H]1CC(c2cncc(Br)c2)Oc2cc(Br)ccc21. The van der Waals surface area contributed by atoms with Crippen LogP contribution in [0.4, 0.5) is 0 Å². The standard InChI is InChI=1S/C14H11Br2NO2/c15-9-1-2-11-12(18)5-13(19-14(11)4-9)8-3-10(16)7-17-6-8/h1-4,6-7,12-13,18H,5H2/t12-,13?/m0/s1. The van der Waals surface area contributed by atoms with Gasteiger partial charge < -0.3 is 9.84 Å². The minimum absolute atomic E-state index is 0.179. The number of benzene rings is 1. The summed E-state index contributed by atoms with van der Waals surface area (Å²) in [5.74, 6) is 0.720. The molecule has 1 unspecified atom stereocenters. The number of ether oxygens (including phenoxy) is 1. The van der Waals surface area contributed by atoms with Crippen LogP contribution in [-0.2, 0) is 0 Å². The van der Waals surface area contributed by atoms with Crippen molar-refractivity contribution in [2.75, 3.05) is 0 Å². The van der Waals surface area contributed by atoms with Gasteiger partial charge in [-0.05, 0) is 34.1 Å². The zero-order chi connectivity index (χ0) is 13.4. The van der Waals surface area contributed by atoms with E-state index in [2.05, 4.69) is 36.8 Å². The van der Waals surface area contributed by atoms with Gasteiger partial charge in [-0.2, -0.15) is 0 Å². The molecule has 2 aromatic rings. The van der Waals surface area contributed by atoms with Gasteiger partial charge in [0.15, 0.2) is 0 Å². The first kappa shape index (κ1) is 13.1. The molecule has 0 fully saturated rings. The molecule has 1 N–H and O–H groups in total. The molecular weight excluding hydrogens is 374 g/mol. The van der Waals surface area contributed by atoms with Crippen LogP contribution in [0, 0.1) is 0 Å². The third-order valence-corrected chi connectivity index (χ3v) is 4.07. The highest BCUT2D eigenvalue weighted by Gasteiger charge is 2.28. The summed E-state index contributed by atoms with van der Waals surface area (Å²) in [6.45, 7) is 0. The number of nitrogens with zero attached hydrogens (tertiary/aromatic N) is 1. The fraction of sp³-hybridized carbons (Fsp3) is 0.214. The Labute approximate surface area is 127 Å². The first-order valence-electron chi connectivity index (χ1n) is 5.88. The maximum absolute atomic E-state index is 10.2. The summed E-state index contributed by atoms with van der Waals surface area (Å²) < 4.78 is 7.82. The molecule has 5 heteroatoms. The third-order valence-electron chi connectivity index (χ3n) is 3.14. The van der Waals surface area contributed by atoms with Crippen molar-refractivity contribution in [2.45, 2.75) is 18.6 Å². The molecule has 98 valence electrons. The molecule has 1 aromatic heterocycles. The molecule has 2 heterocycles. The van der Waals surface area contributed by atoms with Crippen LogP contribution >= 0.6 is 31.9 Å². The Morgan fingerprint density at radius 2 is 2.00 bits per heavy atom. The molecule has 0 radical (unpaired) electrons. The summed E-state index contributed by atoms with van der Waals surface area (Å²) in [7, 11) is 0. The lowest BCUT2D eigenvalue weighted by Crippen LogP contribution is -2.19. The second kappa shape index (κ2) is 5.23. The highest BCUT2D eigenvalue weighted by atomic mass is 79.9. The number of hydrogen-bond donors (Lipinski definition) is 1. The minimum atomic E-state index is -0.513. The maximum atomic E-state index is 10.2. The molecule has 0 aliphatic carbocycles. The molecule has 0 bridgehead atoms. The van der Waals surface area contributed by atoms with E-state index in [1.165, 1.54) is 0 Å². The summed E-state index contributed by atoms with van der Waals surface area (Å²) in [4.78, 5) is 4.14. The van der Waals surface area contributed by atoms with Crippen molar-refractivity contribution in [1.82, 2.24) is 4.98 Å². The number of rotatable bonds is 1. The number of aromatic nitrogens is 1. The smallest absolute Gasteiger partial charge is 0.128 e. The Balaban J connectivity index is 1.96. The molecule has 0 saturated heterocycles. The van der Waals surface area contributed by atoms with Crippen LogP contribution in [-0.4, -0.2) is 10.1 Å². The lowest BCUT2D eigenvalue weighted by atomic mass is 9.96. The highest BCUT2D eigenvalue weighted by molar-refractivity contribution is 9.10. The van der Waals surface area contributed by atoms with Gasteiger partial charge in [-0.3, -0.25) is 4.98 Å². The van der Waals surface area contributed by atoms with Gasteiger partial charge in [0.1, 0.15) is 11.9 Å². The summed E-state index contributed by atoms with van der Waals surface area (Å²) in [6.07, 6.45) is 3.34. The van der Waals surface area contributed by atoms with Crippen LogP contribution in [0.15, 0.2) is 45.6 Å². The van der Waals surface area contributed by atoms with Gasteiger partial charge in [0, 0.05) is 38.9 Å². The van der Waals surface area contributed by atoms with E-state index in [4.69, 9.17) is 4.74 Å². The Morgan fingerprint density at radius 1 is 1.16 bits per heavy atom. The van der Waals surface area contributed by atoms with Crippen LogP contribution in [0.1, 0.15) is 29.8 Å². The third kappa shape index (κ3) is 2.68. The Hall–Kier alpha value is -0.910. The predicted molar refractivity (Wildman–Crippen MR) is 79.0 cm³/mol. The van der Waals surface area contributed by atoms with Crippen LogP contribution in [0.5, 0.6) is 5.75 Å². The molecule has 3 nitrogen and oxygen atoms in total. The average molecular weight is 385 g/mol. The van der Waals surface area contributed by atoms with E-state index in [0.29, 0.717) is 6.42 Å². The van der Waals surface area contributed by atoms with E-state index in [0.717, 1.165) is 25.8 Å². The van der Waals surface area contributed by atoms with Gasteiger partial charge in [-0.25, -0.2) is 0 Å². The van der Waals surface area contributed by atoms with Crippen molar-refractivity contribution in [3.05, 3.63) is 56.7 Å². The van der Waals surface area contributed by atoms with Crippen molar-refractivity contribution in [3.8, 4) is 5.75 Å². The monoisotopic (exact) mass is 383 g/mol. The van der Waals surface area contributed by atoms with Gasteiger partial charge in [-0.15, -0.1) is 0 Å². The molecule has 1 aliphatic rings. The second-order valence-electron chi connectivity index (χ2n) is 4.48. The van der Waals surface area contributed by atoms with Crippen molar-refractivity contribution in [1.29, 1.82) is 0 Å². The van der Waals surface area contributed by atoms with Crippen molar-refractivity contribution < 1.29 is 9.84 Å². The maximum Gasteiger partial charge on any atom is 0.128 e. The zero-order valence-corrected chi connectivity index (χ0v) is 13.1. The molecule has 0 amide bonds. The molecule has 3 rings (SSSR count). The lowest BCUT2D eigenvalue weighted by Gasteiger charge is -2.30. The highest BCUT2D eigenvalue weighted by Crippen LogP contribution is 2.41. The van der Waals surface area contributed by atoms with Crippen LogP contribution in [0.25, 0.3) is 0 Å². The predicted octanol–water partition coefficient (Wildman–Crippen LogP) is 4.16. The molecule has 2 atom stereocenters. The number of pyridine rings is 1. The fourth-order valence-corrected chi connectivity index (χ4v) is 2.95. The van der Waals surface area contributed by atoms with Crippen LogP contribution < -0.4 is 4.74 Å². The largest absolute Gasteiger partial charge is 0.485 e. The van der Waals surface area contributed by atoms with Crippen LogP contribution in [0.2, 0.25) is 0 Å². The fourth-order valence-electron chi connectivity index (χ4n) is 2.23. The lowest BCUT2D eigenvalue weighted by molar-refractivity contribution is 0.0655. The van der Waals surface area contributed by atoms with E-state index >= 15 is 0 Å². The van der Waals surface area contributed by atoms with E-state index in [1.807, 2.05) is 24.3 Å². The Kier molecular flexibility index (Phi) is 3.60. The van der Waals surface area contributed by atoms with Gasteiger partial charge in [0.05, 0.1) is 6.10 Å². The molecule has 1 aliphatic heterocycles. The van der Waals surface area contributed by atoms with Crippen molar-refractivity contribution >= 4 is 31.9 Å². The molecular formula is C14H11Br2NO2. The van der Waals surface area contributed by atoms with Gasteiger partial charge >= 0.3 is 0 Å². The first-order chi connectivity index (χ1) is 9.13. The topological polar surface area (TPSA) is 42.4 Å². The summed E-state index contributed by atoms with van der Waals surface area (Å²) in [5, 5.41) is 10.2. The van der Waals surface area contributed by atoms with Crippen LogP contribution in [0.3, 0.4) is 0 Å². The van der Waals surface area contributed by atoms with Crippen molar-refractivity contribution in [2.24, 2.45) is 0 Å². The molecule has 19 heavy (non-hydrogen) atoms. The normalized spacial score (nSPS) is 21.6. The summed E-state index contributed by atoms with van der Waals surface area (Å²) >= 11 is 6.82. The second-order valence-corrected chi connectivity index (χ2v) is 6.31. The average Bonchev–Trinajstić information content (AvgIpc) is 2.38. The van der Waals surface area contributed by atoms with Gasteiger partial charge in [0.2, 0.25) is 0 Å². The Bertz CT molecular complexity index is 618. The van der Waals surface area contributed by atoms with Gasteiger partial charge in [0.25, 0.3) is 0 Å². The van der Waals surface area contributed by atoms with E-state index in [1.54, 1.807) is 12.4 Å². The number of aliphatic hydroxyl groups excluding tert-OH is 1. The minimum Gasteiger partial charge on any atom is -0.485 e. The first-order valence-corrected chi connectivity index (χ1v) is 7.46. The number of fused-ring (bicyclic) bond motifs is 1. The zero-order valence-electron chi connectivity index (χ0n) is 9.88. The van der Waals surface area contributed by atoms with Crippen molar-refractivity contribution in [3.63, 3.8) is 0 Å². The molecule has 0 spiro atoms. The quantitative estimate of drug-likeness (QED) is 0.802. The number of hydrogen-bond acceptors (Lipinski definition) is 3. The number of halogens is 2. The van der Waals surface area contributed by atoms with E-state index < -0.39 is 6.10 Å². The number of aliphatic hydroxyl groups is 1. The van der Waals surface area contributed by atoms with E-state index in [-0.39, 0.29) is 6.10 Å².